The van der Waals surface area contributed by atoms with Gasteiger partial charge < -0.3 is 19.3 Å². The van der Waals surface area contributed by atoms with Gasteiger partial charge in [0, 0.05) is 35.2 Å². The summed E-state index contributed by atoms with van der Waals surface area (Å²) in [7, 11) is 1.62. The zero-order chi connectivity index (χ0) is 27.5. The molecule has 3 aromatic rings. The average Bonchev–Trinajstić information content (AvgIpc) is 3.82. The van der Waals surface area contributed by atoms with Crippen LogP contribution in [0.3, 0.4) is 0 Å². The lowest BCUT2D eigenvalue weighted by Gasteiger charge is -2.34. The number of rotatable bonds is 8. The van der Waals surface area contributed by atoms with Crippen molar-refractivity contribution in [2.45, 2.75) is 56.3 Å². The Balaban J connectivity index is 1.25. The van der Waals surface area contributed by atoms with Crippen molar-refractivity contribution in [3.8, 4) is 11.4 Å². The highest BCUT2D eigenvalue weighted by Crippen LogP contribution is 2.55. The van der Waals surface area contributed by atoms with Crippen LogP contribution in [0.1, 0.15) is 77.6 Å². The van der Waals surface area contributed by atoms with Crippen LogP contribution in [0.2, 0.25) is 0 Å². The lowest BCUT2D eigenvalue weighted by Crippen LogP contribution is -2.44. The first kappa shape index (κ1) is 25.3. The van der Waals surface area contributed by atoms with Crippen LogP contribution in [0.25, 0.3) is 5.69 Å². The predicted octanol–water partition coefficient (Wildman–Crippen LogP) is 4.88. The van der Waals surface area contributed by atoms with Crippen molar-refractivity contribution in [3.05, 3.63) is 71.0 Å². The SMILES string of the molecule is CCOC(=O)c1nn(-c2ccc(OC)cc2)c2c1C1(CC1)CN(c1ccc(C3(CN4CCCC4)CC3)cc1)C2=O. The Morgan fingerprint density at radius 1 is 0.950 bits per heavy atom. The number of hydrogen-bond donors (Lipinski definition) is 0. The molecule has 3 fully saturated rings. The van der Waals surface area contributed by atoms with Gasteiger partial charge in [-0.3, -0.25) is 4.79 Å². The Bertz CT molecular complexity index is 1450. The first-order chi connectivity index (χ1) is 19.5. The fourth-order valence-electron chi connectivity index (χ4n) is 6.77. The fraction of sp³-hybridized carbons (Fsp3) is 0.469. The van der Waals surface area contributed by atoms with E-state index >= 15 is 0 Å². The van der Waals surface area contributed by atoms with Crippen molar-refractivity contribution >= 4 is 17.6 Å². The summed E-state index contributed by atoms with van der Waals surface area (Å²) in [4.78, 5) is 31.8. The number of anilines is 1. The van der Waals surface area contributed by atoms with Gasteiger partial charge in [-0.2, -0.15) is 5.10 Å². The molecule has 4 aliphatic rings. The second-order valence-corrected chi connectivity index (χ2v) is 11.9. The van der Waals surface area contributed by atoms with Gasteiger partial charge in [0.1, 0.15) is 11.4 Å². The smallest absolute Gasteiger partial charge is 0.359 e. The van der Waals surface area contributed by atoms with Gasteiger partial charge in [-0.1, -0.05) is 12.1 Å². The first-order valence-electron chi connectivity index (χ1n) is 14.6. The molecule has 40 heavy (non-hydrogen) atoms. The molecule has 0 bridgehead atoms. The second kappa shape index (κ2) is 9.47. The Morgan fingerprint density at radius 3 is 2.23 bits per heavy atom. The number of benzene rings is 2. The molecule has 2 aliphatic carbocycles. The van der Waals surface area contributed by atoms with E-state index in [0.717, 1.165) is 30.6 Å². The Morgan fingerprint density at radius 2 is 1.62 bits per heavy atom. The van der Waals surface area contributed by atoms with Crippen molar-refractivity contribution < 1.29 is 19.1 Å². The Hall–Kier alpha value is -3.65. The van der Waals surface area contributed by atoms with Crippen LogP contribution < -0.4 is 9.64 Å². The summed E-state index contributed by atoms with van der Waals surface area (Å²) >= 11 is 0. The van der Waals surface area contributed by atoms with Crippen LogP contribution in [0.15, 0.2) is 48.5 Å². The topological polar surface area (TPSA) is 76.9 Å². The van der Waals surface area contributed by atoms with Gasteiger partial charge in [0.2, 0.25) is 0 Å². The number of carbonyl (C=O) groups is 2. The van der Waals surface area contributed by atoms with Crippen molar-refractivity contribution in [1.82, 2.24) is 14.7 Å². The number of hydrogen-bond acceptors (Lipinski definition) is 6. The molecular weight excluding hydrogens is 504 g/mol. The van der Waals surface area contributed by atoms with Crippen molar-refractivity contribution in [2.24, 2.45) is 0 Å². The highest BCUT2D eigenvalue weighted by Gasteiger charge is 2.56. The zero-order valence-corrected chi connectivity index (χ0v) is 23.3. The van der Waals surface area contributed by atoms with Crippen LogP contribution in [0, 0.1) is 0 Å². The zero-order valence-electron chi connectivity index (χ0n) is 23.3. The van der Waals surface area contributed by atoms with Crippen LogP contribution in [0.5, 0.6) is 5.75 Å². The Kier molecular flexibility index (Phi) is 6.00. The van der Waals surface area contributed by atoms with E-state index in [0.29, 0.717) is 23.7 Å². The van der Waals surface area contributed by atoms with E-state index in [1.54, 1.807) is 18.7 Å². The number of nitrogens with zero attached hydrogens (tertiary/aromatic N) is 4. The van der Waals surface area contributed by atoms with Gasteiger partial charge in [0.05, 0.1) is 19.4 Å². The van der Waals surface area contributed by atoms with Crippen LogP contribution in [-0.2, 0) is 15.6 Å². The van der Waals surface area contributed by atoms with E-state index in [9.17, 15) is 9.59 Å². The molecule has 7 rings (SSSR count). The number of aromatic nitrogens is 2. The first-order valence-corrected chi connectivity index (χ1v) is 14.6. The number of esters is 1. The van der Waals surface area contributed by atoms with E-state index in [-0.39, 0.29) is 29.0 Å². The number of fused-ring (bicyclic) bond motifs is 2. The molecule has 3 heterocycles. The van der Waals surface area contributed by atoms with Gasteiger partial charge in [-0.15, -0.1) is 0 Å². The molecule has 1 amide bonds. The van der Waals surface area contributed by atoms with Gasteiger partial charge in [0.25, 0.3) is 5.91 Å². The molecule has 0 radical (unpaired) electrons. The molecule has 0 N–H and O–H groups in total. The minimum Gasteiger partial charge on any atom is -0.497 e. The van der Waals surface area contributed by atoms with Gasteiger partial charge in [-0.05, 0) is 100 Å². The summed E-state index contributed by atoms with van der Waals surface area (Å²) in [6.45, 7) is 6.13. The highest BCUT2D eigenvalue weighted by atomic mass is 16.5. The third-order valence-corrected chi connectivity index (χ3v) is 9.33. The summed E-state index contributed by atoms with van der Waals surface area (Å²) in [6, 6.07) is 16.1. The van der Waals surface area contributed by atoms with Crippen LogP contribution in [-0.4, -0.2) is 66.5 Å². The van der Waals surface area contributed by atoms with E-state index in [4.69, 9.17) is 14.6 Å². The van der Waals surface area contributed by atoms with Gasteiger partial charge in [0.15, 0.2) is 5.69 Å². The lowest BCUT2D eigenvalue weighted by atomic mass is 9.88. The van der Waals surface area contributed by atoms with E-state index in [2.05, 4.69) is 29.2 Å². The predicted molar refractivity (Wildman–Crippen MR) is 152 cm³/mol. The number of ether oxygens (including phenoxy) is 2. The highest BCUT2D eigenvalue weighted by molar-refractivity contribution is 6.10. The minimum absolute atomic E-state index is 0.141. The quantitative estimate of drug-likeness (QED) is 0.379. The summed E-state index contributed by atoms with van der Waals surface area (Å²) in [5.41, 5.74) is 4.39. The van der Waals surface area contributed by atoms with E-state index in [1.165, 1.54) is 44.3 Å². The maximum absolute atomic E-state index is 14.2. The molecule has 1 spiro atoms. The molecule has 2 aliphatic heterocycles. The summed E-state index contributed by atoms with van der Waals surface area (Å²) in [6.07, 6.45) is 6.88. The minimum atomic E-state index is -0.476. The van der Waals surface area contributed by atoms with Crippen molar-refractivity contribution in [2.75, 3.05) is 44.8 Å². The summed E-state index contributed by atoms with van der Waals surface area (Å²) < 4.78 is 12.3. The molecule has 8 nitrogen and oxygen atoms in total. The largest absolute Gasteiger partial charge is 0.497 e. The fourth-order valence-corrected chi connectivity index (χ4v) is 6.77. The molecule has 1 saturated heterocycles. The van der Waals surface area contributed by atoms with E-state index < -0.39 is 5.97 Å². The third-order valence-electron chi connectivity index (χ3n) is 9.33. The van der Waals surface area contributed by atoms with Crippen LogP contribution in [0.4, 0.5) is 5.69 Å². The number of carbonyl (C=O) groups excluding carboxylic acids is 2. The number of amides is 1. The lowest BCUT2D eigenvalue weighted by molar-refractivity contribution is 0.0516. The summed E-state index contributed by atoms with van der Waals surface area (Å²) in [5.74, 6) is 0.0910. The van der Waals surface area contributed by atoms with Crippen molar-refractivity contribution in [3.63, 3.8) is 0 Å². The molecule has 0 unspecified atom stereocenters. The van der Waals surface area contributed by atoms with Gasteiger partial charge in [-0.25, -0.2) is 9.48 Å². The maximum Gasteiger partial charge on any atom is 0.359 e. The molecule has 2 saturated carbocycles. The van der Waals surface area contributed by atoms with E-state index in [1.807, 2.05) is 29.2 Å². The monoisotopic (exact) mass is 540 g/mol. The second-order valence-electron chi connectivity index (χ2n) is 11.9. The molecule has 1 aromatic heterocycles. The molecule has 208 valence electrons. The molecule has 8 heteroatoms. The van der Waals surface area contributed by atoms with Crippen molar-refractivity contribution in [1.29, 1.82) is 0 Å². The molecule has 0 atom stereocenters. The van der Waals surface area contributed by atoms with Gasteiger partial charge >= 0.3 is 5.97 Å². The molecular formula is C32H36N4O4. The normalized spacial score (nSPS) is 20.4. The average molecular weight is 541 g/mol. The summed E-state index contributed by atoms with van der Waals surface area (Å²) in [5, 5.41) is 4.70. The Labute approximate surface area is 234 Å². The number of methoxy groups -OCH3 is 1. The standard InChI is InChI=1S/C32H36N4O4/c1-3-40-30(38)27-26-28(36(33-27)24-10-12-25(39-2)13-11-24)29(37)35(21-32(26)16-17-32)23-8-6-22(7-9-23)31(14-15-31)20-34-18-4-5-19-34/h6-13H,3-5,14-21H2,1-2H3. The van der Waals surface area contributed by atoms with Crippen LogP contribution >= 0.6 is 0 Å². The maximum atomic E-state index is 14.2. The molecule has 2 aromatic carbocycles. The third kappa shape index (κ3) is 4.12. The number of likely N-dealkylation sites (tertiary alicyclic amines) is 1.